The lowest BCUT2D eigenvalue weighted by atomic mass is 10.1. The third kappa shape index (κ3) is 10.5. The molecule has 1 aromatic carbocycles. The lowest BCUT2D eigenvalue weighted by Gasteiger charge is -2.24. The van der Waals surface area contributed by atoms with Gasteiger partial charge < -0.3 is 21.3 Å². The van der Waals surface area contributed by atoms with Gasteiger partial charge in [0.05, 0.1) is 12.1 Å². The van der Waals surface area contributed by atoms with E-state index in [9.17, 15) is 4.79 Å². The van der Waals surface area contributed by atoms with Gasteiger partial charge in [0.2, 0.25) is 0 Å². The van der Waals surface area contributed by atoms with Crippen molar-refractivity contribution in [2.45, 2.75) is 53.4 Å². The van der Waals surface area contributed by atoms with E-state index in [4.69, 9.17) is 5.73 Å². The molecule has 0 unspecified atom stereocenters. The summed E-state index contributed by atoms with van der Waals surface area (Å²) in [5, 5.41) is 6.67. The van der Waals surface area contributed by atoms with Crippen LogP contribution in [0.2, 0.25) is 0 Å². The highest BCUT2D eigenvalue weighted by atomic mass is 16.2. The number of carbonyl (C=O) groups excluding carboxylic acids is 1. The second kappa shape index (κ2) is 15.9. The molecular weight excluding hydrogens is 470 g/mol. The minimum atomic E-state index is -0.145. The molecule has 6 nitrogen and oxygen atoms in total. The Hall–Kier alpha value is -4.06. The van der Waals surface area contributed by atoms with Crippen LogP contribution in [0.1, 0.15) is 69.3 Å². The first kappa shape index (κ1) is 30.2. The summed E-state index contributed by atoms with van der Waals surface area (Å²) in [5.41, 5.74) is 12.3. The lowest BCUT2D eigenvalue weighted by Crippen LogP contribution is -2.36. The molecule has 202 valence electrons. The third-order valence-corrected chi connectivity index (χ3v) is 5.80. The number of anilines is 2. The minimum absolute atomic E-state index is 0.145. The largest absolute Gasteiger partial charge is 0.383 e. The average Bonchev–Trinajstić information content (AvgIpc) is 2.90. The highest BCUT2D eigenvalue weighted by molar-refractivity contribution is 5.98. The lowest BCUT2D eigenvalue weighted by molar-refractivity contribution is 0.0769. The predicted molar refractivity (Wildman–Crippen MR) is 162 cm³/mol. The van der Waals surface area contributed by atoms with E-state index in [-0.39, 0.29) is 11.7 Å². The van der Waals surface area contributed by atoms with Crippen molar-refractivity contribution in [2.24, 2.45) is 0 Å². The van der Waals surface area contributed by atoms with Crippen LogP contribution >= 0.6 is 0 Å². The first-order valence-corrected chi connectivity index (χ1v) is 13.3. The SMILES string of the molecule is C=C(CN(CCC)C(=O)c1cccnc1N)N/C(C)=C/C=C(C)/C=C/c1ccc(NC(=C)CCCC)cc1. The van der Waals surface area contributed by atoms with E-state index in [1.54, 1.807) is 23.2 Å². The fourth-order valence-corrected chi connectivity index (χ4v) is 3.76. The van der Waals surface area contributed by atoms with Crippen LogP contribution in [0, 0.1) is 0 Å². The summed E-state index contributed by atoms with van der Waals surface area (Å²) >= 11 is 0. The van der Waals surface area contributed by atoms with Crippen molar-refractivity contribution in [1.29, 1.82) is 0 Å². The number of hydrogen-bond donors (Lipinski definition) is 3. The molecule has 0 aliphatic rings. The van der Waals surface area contributed by atoms with Crippen molar-refractivity contribution in [3.05, 3.63) is 108 Å². The number of nitrogens with one attached hydrogen (secondary N) is 2. The highest BCUT2D eigenvalue weighted by Gasteiger charge is 2.18. The van der Waals surface area contributed by atoms with Gasteiger partial charge >= 0.3 is 0 Å². The second-order valence-electron chi connectivity index (χ2n) is 9.44. The fraction of sp³-hybridized carbons (Fsp3) is 0.312. The standard InChI is InChI=1S/C32H43N5O/c1-7-9-11-25(4)36-29-19-17-28(18-20-29)16-14-24(3)13-15-26(5)35-27(6)23-37(22-8-2)32(38)30-12-10-21-34-31(30)33/h10,12-21,35-36H,4,6-9,11,22-23H2,1-3,5H3,(H2,33,34)/b16-14+,24-13+,26-15+. The maximum absolute atomic E-state index is 13.0. The van der Waals surface area contributed by atoms with Crippen LogP contribution in [0.5, 0.6) is 0 Å². The summed E-state index contributed by atoms with van der Waals surface area (Å²) in [4.78, 5) is 18.8. The molecule has 0 fully saturated rings. The fourth-order valence-electron chi connectivity index (χ4n) is 3.76. The van der Waals surface area contributed by atoms with E-state index < -0.39 is 0 Å². The molecule has 0 radical (unpaired) electrons. The minimum Gasteiger partial charge on any atom is -0.383 e. The molecule has 0 atom stereocenters. The first-order valence-electron chi connectivity index (χ1n) is 13.3. The van der Waals surface area contributed by atoms with Gasteiger partial charge in [-0.05, 0) is 69.0 Å². The van der Waals surface area contributed by atoms with Gasteiger partial charge in [-0.2, -0.15) is 0 Å². The van der Waals surface area contributed by atoms with Crippen LogP contribution in [0.3, 0.4) is 0 Å². The van der Waals surface area contributed by atoms with Crippen molar-refractivity contribution in [2.75, 3.05) is 24.1 Å². The molecule has 2 aromatic rings. The maximum Gasteiger partial charge on any atom is 0.257 e. The number of nitrogens with zero attached hydrogens (tertiary/aromatic N) is 2. The van der Waals surface area contributed by atoms with Gasteiger partial charge in [-0.3, -0.25) is 4.79 Å². The number of carbonyl (C=O) groups is 1. The number of amides is 1. The molecule has 4 N–H and O–H groups in total. The summed E-state index contributed by atoms with van der Waals surface area (Å²) in [6.07, 6.45) is 13.9. The van der Waals surface area contributed by atoms with E-state index >= 15 is 0 Å². The van der Waals surface area contributed by atoms with Crippen LogP contribution < -0.4 is 16.4 Å². The monoisotopic (exact) mass is 513 g/mol. The van der Waals surface area contributed by atoms with Crippen molar-refractivity contribution in [3.8, 4) is 0 Å². The number of rotatable bonds is 15. The smallest absolute Gasteiger partial charge is 0.257 e. The Kier molecular flexibility index (Phi) is 12.6. The molecule has 0 spiro atoms. The van der Waals surface area contributed by atoms with Gasteiger partial charge in [-0.25, -0.2) is 4.98 Å². The van der Waals surface area contributed by atoms with Gasteiger partial charge in [0.1, 0.15) is 5.82 Å². The van der Waals surface area contributed by atoms with E-state index in [2.05, 4.69) is 79.0 Å². The normalized spacial score (nSPS) is 11.9. The topological polar surface area (TPSA) is 83.3 Å². The first-order chi connectivity index (χ1) is 18.2. The van der Waals surface area contributed by atoms with E-state index in [1.165, 1.54) is 0 Å². The Labute approximate surface area is 228 Å². The van der Waals surface area contributed by atoms with Crippen molar-refractivity contribution >= 4 is 23.5 Å². The molecule has 1 heterocycles. The van der Waals surface area contributed by atoms with E-state index in [1.807, 2.05) is 26.0 Å². The van der Waals surface area contributed by atoms with Crippen LogP contribution in [0.25, 0.3) is 6.08 Å². The Bertz CT molecular complexity index is 1170. The number of benzene rings is 1. The summed E-state index contributed by atoms with van der Waals surface area (Å²) in [5.74, 6) is 0.0935. The highest BCUT2D eigenvalue weighted by Crippen LogP contribution is 2.16. The molecule has 6 heteroatoms. The Morgan fingerprint density at radius 1 is 1.05 bits per heavy atom. The van der Waals surface area contributed by atoms with E-state index in [0.29, 0.717) is 18.7 Å². The number of aromatic nitrogens is 1. The molecule has 0 saturated heterocycles. The maximum atomic E-state index is 13.0. The molecule has 0 bridgehead atoms. The Morgan fingerprint density at radius 2 is 1.79 bits per heavy atom. The van der Waals surface area contributed by atoms with Gasteiger partial charge in [-0.15, -0.1) is 0 Å². The molecule has 0 aliphatic carbocycles. The number of nitrogens with two attached hydrogens (primary N) is 1. The summed E-state index contributed by atoms with van der Waals surface area (Å²) < 4.78 is 0. The quantitative estimate of drug-likeness (QED) is 0.218. The molecule has 38 heavy (non-hydrogen) atoms. The van der Waals surface area contributed by atoms with Crippen molar-refractivity contribution in [3.63, 3.8) is 0 Å². The summed E-state index contributed by atoms with van der Waals surface area (Å²) in [7, 11) is 0. The number of pyridine rings is 1. The number of allylic oxidation sites excluding steroid dienone is 6. The van der Waals surface area contributed by atoms with Gasteiger partial charge in [0.25, 0.3) is 5.91 Å². The number of nitrogen functional groups attached to an aromatic ring is 1. The van der Waals surface area contributed by atoms with Crippen LogP contribution in [-0.2, 0) is 0 Å². The average molecular weight is 514 g/mol. The third-order valence-electron chi connectivity index (χ3n) is 5.80. The number of hydrogen-bond acceptors (Lipinski definition) is 5. The Balaban J connectivity index is 1.92. The van der Waals surface area contributed by atoms with Crippen LogP contribution in [0.15, 0.2) is 96.6 Å². The van der Waals surface area contributed by atoms with Crippen LogP contribution in [0.4, 0.5) is 11.5 Å². The van der Waals surface area contributed by atoms with E-state index in [0.717, 1.165) is 59.6 Å². The molecule has 1 aromatic heterocycles. The van der Waals surface area contributed by atoms with Crippen molar-refractivity contribution < 1.29 is 4.79 Å². The molecular formula is C32H43N5O. The Morgan fingerprint density at radius 3 is 2.45 bits per heavy atom. The summed E-state index contributed by atoms with van der Waals surface area (Å²) in [6, 6.07) is 11.8. The zero-order chi connectivity index (χ0) is 27.9. The molecule has 0 aliphatic heterocycles. The van der Waals surface area contributed by atoms with Gasteiger partial charge in [-0.1, -0.05) is 69.4 Å². The van der Waals surface area contributed by atoms with Gasteiger partial charge in [0, 0.05) is 35.5 Å². The zero-order valence-electron chi connectivity index (χ0n) is 23.4. The van der Waals surface area contributed by atoms with Crippen molar-refractivity contribution in [1.82, 2.24) is 15.2 Å². The molecule has 1 amide bonds. The summed E-state index contributed by atoms with van der Waals surface area (Å²) in [6.45, 7) is 17.4. The van der Waals surface area contributed by atoms with Gasteiger partial charge in [0.15, 0.2) is 0 Å². The molecule has 2 rings (SSSR count). The predicted octanol–water partition coefficient (Wildman–Crippen LogP) is 7.30. The molecule has 0 saturated carbocycles. The number of unbranched alkanes of at least 4 members (excludes halogenated alkanes) is 1. The second-order valence-corrected chi connectivity index (χ2v) is 9.44. The van der Waals surface area contributed by atoms with Crippen LogP contribution in [-0.4, -0.2) is 28.9 Å². The zero-order valence-corrected chi connectivity index (χ0v) is 23.4.